The van der Waals surface area contributed by atoms with E-state index in [-0.39, 0.29) is 5.78 Å². The van der Waals surface area contributed by atoms with Crippen molar-refractivity contribution < 1.29 is 9.69 Å². The lowest BCUT2D eigenvalue weighted by atomic mass is 10.1. The van der Waals surface area contributed by atoms with E-state index < -0.39 is 0 Å². The lowest BCUT2D eigenvalue weighted by Gasteiger charge is -2.34. The van der Waals surface area contributed by atoms with Crippen LogP contribution in [0.4, 0.5) is 5.69 Å². The normalized spacial score (nSPS) is 15.5. The molecule has 2 aromatic rings. The molecule has 0 unspecified atom stereocenters. The van der Waals surface area contributed by atoms with E-state index in [4.69, 9.17) is 23.2 Å². The summed E-state index contributed by atoms with van der Waals surface area (Å²) in [5, 5.41) is 1.49. The maximum absolute atomic E-state index is 11.4. The summed E-state index contributed by atoms with van der Waals surface area (Å²) >= 11 is 12.6. The first-order valence-corrected chi connectivity index (χ1v) is 8.92. The minimum atomic E-state index is 0.104. The summed E-state index contributed by atoms with van der Waals surface area (Å²) in [7, 11) is 0. The first kappa shape index (κ1) is 17.3. The highest BCUT2D eigenvalue weighted by Crippen LogP contribution is 2.23. The van der Waals surface area contributed by atoms with Gasteiger partial charge in [0.1, 0.15) is 6.54 Å². The van der Waals surface area contributed by atoms with Crippen LogP contribution in [-0.2, 0) is 6.54 Å². The SMILES string of the molecule is CC(=O)c1ccc(N2CC[NH+](Cc3c(Cl)cccc3Cl)CC2)cc1. The zero-order valence-electron chi connectivity index (χ0n) is 13.7. The standard InChI is InChI=1S/C19H20Cl2N2O/c1-14(24)15-5-7-16(8-6-15)23-11-9-22(10-12-23)13-17-18(20)3-2-4-19(17)21/h2-8H,9-13H2,1H3/p+1. The largest absolute Gasteiger partial charge is 0.360 e. The zero-order valence-corrected chi connectivity index (χ0v) is 15.2. The smallest absolute Gasteiger partial charge is 0.159 e. The van der Waals surface area contributed by atoms with Crippen molar-refractivity contribution in [2.24, 2.45) is 0 Å². The third kappa shape index (κ3) is 3.92. The molecule has 1 N–H and O–H groups in total. The molecule has 3 nitrogen and oxygen atoms in total. The van der Waals surface area contributed by atoms with Crippen molar-refractivity contribution in [3.63, 3.8) is 0 Å². The Morgan fingerprint density at radius 1 is 1.04 bits per heavy atom. The molecule has 0 spiro atoms. The van der Waals surface area contributed by atoms with E-state index >= 15 is 0 Å². The van der Waals surface area contributed by atoms with Gasteiger partial charge in [0.05, 0.1) is 36.2 Å². The van der Waals surface area contributed by atoms with Crippen LogP contribution in [-0.4, -0.2) is 32.0 Å². The number of carbonyl (C=O) groups excluding carboxylic acids is 1. The van der Waals surface area contributed by atoms with Gasteiger partial charge in [-0.2, -0.15) is 0 Å². The van der Waals surface area contributed by atoms with Crippen LogP contribution < -0.4 is 9.80 Å². The number of ketones is 1. The molecule has 3 rings (SSSR count). The van der Waals surface area contributed by atoms with Crippen molar-refractivity contribution in [2.75, 3.05) is 31.1 Å². The molecule has 0 amide bonds. The summed E-state index contributed by atoms with van der Waals surface area (Å²) < 4.78 is 0. The van der Waals surface area contributed by atoms with Gasteiger partial charge in [-0.1, -0.05) is 29.3 Å². The average molecular weight is 364 g/mol. The van der Waals surface area contributed by atoms with E-state index in [1.807, 2.05) is 42.5 Å². The fourth-order valence-electron chi connectivity index (χ4n) is 3.12. The molecular weight excluding hydrogens is 343 g/mol. The van der Waals surface area contributed by atoms with E-state index in [9.17, 15) is 4.79 Å². The van der Waals surface area contributed by atoms with Crippen molar-refractivity contribution in [2.45, 2.75) is 13.5 Å². The number of nitrogens with zero attached hydrogens (tertiary/aromatic N) is 1. The van der Waals surface area contributed by atoms with Crippen LogP contribution in [0.1, 0.15) is 22.8 Å². The maximum Gasteiger partial charge on any atom is 0.159 e. The van der Waals surface area contributed by atoms with Gasteiger partial charge in [-0.25, -0.2) is 0 Å². The minimum Gasteiger partial charge on any atom is -0.360 e. The number of benzene rings is 2. The average Bonchev–Trinajstić information content (AvgIpc) is 2.59. The molecule has 0 aromatic heterocycles. The third-order valence-electron chi connectivity index (χ3n) is 4.60. The quantitative estimate of drug-likeness (QED) is 0.844. The monoisotopic (exact) mass is 363 g/mol. The van der Waals surface area contributed by atoms with Gasteiger partial charge in [0, 0.05) is 16.8 Å². The predicted molar refractivity (Wildman–Crippen MR) is 99.5 cm³/mol. The first-order valence-electron chi connectivity index (χ1n) is 8.17. The first-order chi connectivity index (χ1) is 11.5. The second-order valence-corrected chi connectivity index (χ2v) is 7.03. The second-order valence-electron chi connectivity index (χ2n) is 6.22. The number of Topliss-reactive ketones (excluding diaryl/α,β-unsaturated/α-hetero) is 1. The third-order valence-corrected chi connectivity index (χ3v) is 5.31. The molecule has 1 aliphatic heterocycles. The number of piperazine rings is 1. The Bertz CT molecular complexity index is 702. The molecular formula is C19H21Cl2N2O+. The molecule has 1 fully saturated rings. The van der Waals surface area contributed by atoms with Gasteiger partial charge in [0.15, 0.2) is 5.78 Å². The van der Waals surface area contributed by atoms with E-state index in [0.717, 1.165) is 53.9 Å². The molecule has 1 saturated heterocycles. The van der Waals surface area contributed by atoms with E-state index in [1.165, 1.54) is 10.6 Å². The second kappa shape index (κ2) is 7.56. The summed E-state index contributed by atoms with van der Waals surface area (Å²) in [4.78, 5) is 15.2. The molecule has 1 heterocycles. The number of rotatable bonds is 4. The Balaban J connectivity index is 1.60. The zero-order chi connectivity index (χ0) is 17.1. The van der Waals surface area contributed by atoms with Crippen LogP contribution in [0.25, 0.3) is 0 Å². The molecule has 0 aliphatic carbocycles. The Morgan fingerprint density at radius 3 is 2.17 bits per heavy atom. The Morgan fingerprint density at radius 2 is 1.62 bits per heavy atom. The molecule has 2 aromatic carbocycles. The van der Waals surface area contributed by atoms with E-state index in [0.29, 0.717) is 0 Å². The van der Waals surface area contributed by atoms with Crippen LogP contribution in [0.3, 0.4) is 0 Å². The van der Waals surface area contributed by atoms with Crippen molar-refractivity contribution in [3.8, 4) is 0 Å². The van der Waals surface area contributed by atoms with Gasteiger partial charge in [-0.3, -0.25) is 4.79 Å². The number of quaternary nitrogens is 1. The van der Waals surface area contributed by atoms with Crippen LogP contribution in [0.15, 0.2) is 42.5 Å². The summed E-state index contributed by atoms with van der Waals surface area (Å²) in [6, 6.07) is 13.6. The number of nitrogens with one attached hydrogen (secondary N) is 1. The molecule has 0 bridgehead atoms. The van der Waals surface area contributed by atoms with Gasteiger partial charge >= 0.3 is 0 Å². The predicted octanol–water partition coefficient (Wildman–Crippen LogP) is 3.10. The Hall–Kier alpha value is -1.55. The molecule has 1 aliphatic rings. The van der Waals surface area contributed by atoms with Crippen LogP contribution in [0.2, 0.25) is 10.0 Å². The highest BCUT2D eigenvalue weighted by atomic mass is 35.5. The fraction of sp³-hybridized carbons (Fsp3) is 0.316. The minimum absolute atomic E-state index is 0.104. The summed E-state index contributed by atoms with van der Waals surface area (Å²) in [6.45, 7) is 6.49. The number of carbonyl (C=O) groups is 1. The topological polar surface area (TPSA) is 24.8 Å². The number of anilines is 1. The number of hydrogen-bond donors (Lipinski definition) is 1. The van der Waals surface area contributed by atoms with Gasteiger partial charge in [0.2, 0.25) is 0 Å². The van der Waals surface area contributed by atoms with Crippen LogP contribution in [0.5, 0.6) is 0 Å². The molecule has 5 heteroatoms. The van der Waals surface area contributed by atoms with E-state index in [1.54, 1.807) is 6.92 Å². The van der Waals surface area contributed by atoms with Crippen molar-refractivity contribution in [3.05, 3.63) is 63.6 Å². The summed E-state index contributed by atoms with van der Waals surface area (Å²) in [6.07, 6.45) is 0. The highest BCUT2D eigenvalue weighted by molar-refractivity contribution is 6.35. The Labute approximate surface area is 152 Å². The Kier molecular flexibility index (Phi) is 5.44. The van der Waals surface area contributed by atoms with Gasteiger partial charge < -0.3 is 9.80 Å². The van der Waals surface area contributed by atoms with Crippen molar-refractivity contribution in [1.82, 2.24) is 0 Å². The number of halogens is 2. The molecule has 0 saturated carbocycles. The van der Waals surface area contributed by atoms with Crippen molar-refractivity contribution >= 4 is 34.7 Å². The van der Waals surface area contributed by atoms with Gasteiger partial charge in [-0.05, 0) is 43.3 Å². The highest BCUT2D eigenvalue weighted by Gasteiger charge is 2.22. The molecule has 24 heavy (non-hydrogen) atoms. The van der Waals surface area contributed by atoms with E-state index in [2.05, 4.69) is 4.90 Å². The van der Waals surface area contributed by atoms with Crippen molar-refractivity contribution in [1.29, 1.82) is 0 Å². The lowest BCUT2D eigenvalue weighted by Crippen LogP contribution is -3.13. The summed E-state index contributed by atoms with van der Waals surface area (Å²) in [5.41, 5.74) is 2.97. The number of hydrogen-bond acceptors (Lipinski definition) is 2. The lowest BCUT2D eigenvalue weighted by molar-refractivity contribution is -0.914. The van der Waals surface area contributed by atoms with Crippen LogP contribution in [0, 0.1) is 0 Å². The van der Waals surface area contributed by atoms with Gasteiger partial charge in [0.25, 0.3) is 0 Å². The molecule has 0 atom stereocenters. The maximum atomic E-state index is 11.4. The molecule has 126 valence electrons. The molecule has 0 radical (unpaired) electrons. The van der Waals surface area contributed by atoms with Gasteiger partial charge in [-0.15, -0.1) is 0 Å². The summed E-state index contributed by atoms with van der Waals surface area (Å²) in [5.74, 6) is 0.104. The van der Waals surface area contributed by atoms with Crippen LogP contribution >= 0.6 is 23.2 Å². The fourth-order valence-corrected chi connectivity index (χ4v) is 3.65.